The predicted molar refractivity (Wildman–Crippen MR) is 133 cm³/mol. The zero-order chi connectivity index (χ0) is 22.1. The zero-order valence-corrected chi connectivity index (χ0v) is 20.7. The van der Waals surface area contributed by atoms with E-state index in [1.807, 2.05) is 18.2 Å². The number of fused-ring (bicyclic) bond motifs is 1. The van der Waals surface area contributed by atoms with E-state index in [4.69, 9.17) is 11.6 Å². The third-order valence-corrected chi connectivity index (χ3v) is 8.53. The normalized spacial score (nSPS) is 16.8. The van der Waals surface area contributed by atoms with E-state index in [2.05, 4.69) is 48.7 Å². The molecular weight excluding hydrogens is 424 g/mol. The second-order valence-electron chi connectivity index (χ2n) is 9.13. The van der Waals surface area contributed by atoms with Gasteiger partial charge in [-0.1, -0.05) is 37.6 Å². The maximum absolute atomic E-state index is 13.7. The van der Waals surface area contributed by atoms with E-state index in [0.29, 0.717) is 16.5 Å². The molecule has 1 aliphatic rings. The van der Waals surface area contributed by atoms with Crippen molar-refractivity contribution in [3.8, 4) is 0 Å². The monoisotopic (exact) mass is 456 g/mol. The van der Waals surface area contributed by atoms with Crippen molar-refractivity contribution in [1.29, 1.82) is 0 Å². The van der Waals surface area contributed by atoms with E-state index in [9.17, 15) is 4.79 Å². The van der Waals surface area contributed by atoms with Gasteiger partial charge in [0.15, 0.2) is 5.78 Å². The van der Waals surface area contributed by atoms with Crippen LogP contribution < -0.4 is 0 Å². The molecule has 166 valence electrons. The van der Waals surface area contributed by atoms with Crippen molar-refractivity contribution in [3.05, 3.63) is 57.1 Å². The minimum atomic E-state index is 0.0501. The van der Waals surface area contributed by atoms with E-state index in [1.165, 1.54) is 37.2 Å². The van der Waals surface area contributed by atoms with Crippen LogP contribution >= 0.6 is 22.9 Å². The summed E-state index contributed by atoms with van der Waals surface area (Å²) in [6.45, 7) is 9.78. The van der Waals surface area contributed by atoms with Crippen LogP contribution in [0, 0.1) is 12.8 Å². The van der Waals surface area contributed by atoms with Gasteiger partial charge in [-0.15, -0.1) is 11.3 Å². The SMILES string of the molecule is CCC(C)c1cccc(C(=O)c2c(C)n(CCC3CCN(C)CC3)c3sccc23)c1Cl. The molecule has 0 spiro atoms. The van der Waals surface area contributed by atoms with Gasteiger partial charge in [0.05, 0.1) is 10.6 Å². The summed E-state index contributed by atoms with van der Waals surface area (Å²) in [7, 11) is 2.21. The minimum absolute atomic E-state index is 0.0501. The topological polar surface area (TPSA) is 25.2 Å². The van der Waals surface area contributed by atoms with Gasteiger partial charge in [-0.2, -0.15) is 0 Å². The number of thiophene rings is 1. The molecule has 1 saturated heterocycles. The molecule has 3 nitrogen and oxygen atoms in total. The van der Waals surface area contributed by atoms with Crippen LogP contribution in [0.15, 0.2) is 29.6 Å². The first-order chi connectivity index (χ1) is 14.9. The first-order valence-electron chi connectivity index (χ1n) is 11.5. The van der Waals surface area contributed by atoms with Crippen LogP contribution in [0.1, 0.15) is 72.6 Å². The molecule has 0 saturated carbocycles. The van der Waals surface area contributed by atoms with Crippen molar-refractivity contribution in [1.82, 2.24) is 9.47 Å². The molecule has 1 fully saturated rings. The third kappa shape index (κ3) is 4.35. The van der Waals surface area contributed by atoms with E-state index in [0.717, 1.165) is 41.1 Å². The quantitative estimate of drug-likeness (QED) is 0.353. The van der Waals surface area contributed by atoms with Crippen molar-refractivity contribution in [2.45, 2.75) is 58.9 Å². The first-order valence-corrected chi connectivity index (χ1v) is 12.8. The fraction of sp³-hybridized carbons (Fsp3) is 0.500. The highest BCUT2D eigenvalue weighted by atomic mass is 35.5. The number of hydrogen-bond donors (Lipinski definition) is 0. The molecule has 1 aromatic carbocycles. The molecule has 0 N–H and O–H groups in total. The van der Waals surface area contributed by atoms with Crippen molar-refractivity contribution < 1.29 is 4.79 Å². The largest absolute Gasteiger partial charge is 0.336 e. The number of aromatic nitrogens is 1. The average Bonchev–Trinajstić information content (AvgIpc) is 3.33. The zero-order valence-electron chi connectivity index (χ0n) is 19.1. The summed E-state index contributed by atoms with van der Waals surface area (Å²) < 4.78 is 2.37. The van der Waals surface area contributed by atoms with Crippen LogP contribution in [-0.2, 0) is 6.54 Å². The highest BCUT2D eigenvalue weighted by Crippen LogP contribution is 2.36. The molecule has 3 aromatic rings. The number of hydrogen-bond acceptors (Lipinski definition) is 3. The second-order valence-corrected chi connectivity index (χ2v) is 10.4. The van der Waals surface area contributed by atoms with E-state index >= 15 is 0 Å². The smallest absolute Gasteiger partial charge is 0.196 e. The summed E-state index contributed by atoms with van der Waals surface area (Å²) in [5, 5.41) is 3.79. The maximum atomic E-state index is 13.7. The summed E-state index contributed by atoms with van der Waals surface area (Å²) >= 11 is 8.49. The Kier molecular flexibility index (Phi) is 6.90. The summed E-state index contributed by atoms with van der Waals surface area (Å²) in [4.78, 5) is 17.4. The molecule has 1 aliphatic heterocycles. The number of piperidine rings is 1. The van der Waals surface area contributed by atoms with Gasteiger partial charge in [-0.05, 0) is 87.7 Å². The average molecular weight is 457 g/mol. The Hall–Kier alpha value is -1.62. The lowest BCUT2D eigenvalue weighted by Gasteiger charge is -2.29. The molecular formula is C26H33ClN2OS. The predicted octanol–water partition coefficient (Wildman–Crippen LogP) is 7.14. The standard InChI is InChI=1S/C26H33ClN2OS/c1-5-17(2)20-7-6-8-22(24(20)27)25(30)23-18(3)29(26-21(23)12-16-31-26)15-11-19-9-13-28(4)14-10-19/h6-8,12,16-17,19H,5,9-11,13-15H2,1-4H3. The van der Waals surface area contributed by atoms with Gasteiger partial charge < -0.3 is 9.47 Å². The van der Waals surface area contributed by atoms with Crippen LogP contribution in [-0.4, -0.2) is 35.4 Å². The molecule has 0 amide bonds. The second kappa shape index (κ2) is 9.48. The van der Waals surface area contributed by atoms with Crippen LogP contribution in [0.2, 0.25) is 5.02 Å². The van der Waals surface area contributed by atoms with E-state index in [-0.39, 0.29) is 5.78 Å². The van der Waals surface area contributed by atoms with Crippen molar-refractivity contribution >= 4 is 38.9 Å². The molecule has 2 aromatic heterocycles. The minimum Gasteiger partial charge on any atom is -0.336 e. The van der Waals surface area contributed by atoms with Gasteiger partial charge in [0.25, 0.3) is 0 Å². The van der Waals surface area contributed by atoms with Gasteiger partial charge in [-0.3, -0.25) is 4.79 Å². The number of likely N-dealkylation sites (tertiary alicyclic amines) is 1. The van der Waals surface area contributed by atoms with E-state index < -0.39 is 0 Å². The molecule has 3 heterocycles. The Balaban J connectivity index is 1.65. The van der Waals surface area contributed by atoms with Gasteiger partial charge in [-0.25, -0.2) is 0 Å². The Morgan fingerprint density at radius 2 is 2.00 bits per heavy atom. The summed E-state index contributed by atoms with van der Waals surface area (Å²) in [6, 6.07) is 7.99. The number of ketones is 1. The van der Waals surface area contributed by atoms with Crippen LogP contribution in [0.3, 0.4) is 0 Å². The lowest BCUT2D eigenvalue weighted by molar-refractivity contribution is 0.103. The molecule has 31 heavy (non-hydrogen) atoms. The summed E-state index contributed by atoms with van der Waals surface area (Å²) in [6.07, 6.45) is 4.72. The Labute approximate surface area is 195 Å². The molecule has 0 aliphatic carbocycles. The maximum Gasteiger partial charge on any atom is 0.196 e. The molecule has 5 heteroatoms. The number of carbonyl (C=O) groups is 1. The lowest BCUT2D eigenvalue weighted by Crippen LogP contribution is -2.30. The van der Waals surface area contributed by atoms with Crippen molar-refractivity contribution in [3.63, 3.8) is 0 Å². The Morgan fingerprint density at radius 1 is 1.26 bits per heavy atom. The van der Waals surface area contributed by atoms with Crippen LogP contribution in [0.5, 0.6) is 0 Å². The van der Waals surface area contributed by atoms with Crippen molar-refractivity contribution in [2.75, 3.05) is 20.1 Å². The van der Waals surface area contributed by atoms with Crippen LogP contribution in [0.25, 0.3) is 10.2 Å². The highest BCUT2D eigenvalue weighted by Gasteiger charge is 2.25. The fourth-order valence-electron chi connectivity index (χ4n) is 4.86. The molecule has 1 unspecified atom stereocenters. The van der Waals surface area contributed by atoms with E-state index in [1.54, 1.807) is 11.3 Å². The first kappa shape index (κ1) is 22.6. The van der Waals surface area contributed by atoms with Crippen LogP contribution in [0.4, 0.5) is 0 Å². The highest BCUT2D eigenvalue weighted by molar-refractivity contribution is 7.16. The number of carbonyl (C=O) groups excluding carboxylic acids is 1. The number of rotatable bonds is 7. The number of nitrogens with zero attached hydrogens (tertiary/aromatic N) is 2. The number of benzene rings is 1. The fourth-order valence-corrected chi connectivity index (χ4v) is 6.25. The molecule has 0 bridgehead atoms. The number of halogens is 1. The van der Waals surface area contributed by atoms with Gasteiger partial charge in [0, 0.05) is 23.2 Å². The van der Waals surface area contributed by atoms with Gasteiger partial charge >= 0.3 is 0 Å². The van der Waals surface area contributed by atoms with Gasteiger partial charge in [0.2, 0.25) is 0 Å². The lowest BCUT2D eigenvalue weighted by atomic mass is 9.93. The van der Waals surface area contributed by atoms with Crippen molar-refractivity contribution in [2.24, 2.45) is 5.92 Å². The van der Waals surface area contributed by atoms with Gasteiger partial charge in [0.1, 0.15) is 4.83 Å². The number of aryl methyl sites for hydroxylation is 1. The molecule has 4 rings (SSSR count). The Bertz CT molecular complexity index is 1070. The Morgan fingerprint density at radius 3 is 2.71 bits per heavy atom. The third-order valence-electron chi connectivity index (χ3n) is 7.17. The molecule has 0 radical (unpaired) electrons. The summed E-state index contributed by atoms with van der Waals surface area (Å²) in [5.41, 5.74) is 3.59. The molecule has 1 atom stereocenters. The summed E-state index contributed by atoms with van der Waals surface area (Å²) in [5.74, 6) is 1.16.